The normalized spacial score (nSPS) is 17.7. The van der Waals surface area contributed by atoms with Gasteiger partial charge in [0.25, 0.3) is 5.92 Å². The van der Waals surface area contributed by atoms with Gasteiger partial charge in [0.2, 0.25) is 5.91 Å². The second kappa shape index (κ2) is 12.5. The highest BCUT2D eigenvalue weighted by atomic mass is 32.1. The van der Waals surface area contributed by atoms with E-state index >= 15 is 8.78 Å². The van der Waals surface area contributed by atoms with Crippen LogP contribution in [0, 0.1) is 0 Å². The summed E-state index contributed by atoms with van der Waals surface area (Å²) < 4.78 is 36.1. The van der Waals surface area contributed by atoms with Crippen molar-refractivity contribution in [3.05, 3.63) is 59.5 Å². The molecule has 0 spiro atoms. The van der Waals surface area contributed by atoms with Crippen LogP contribution in [0.2, 0.25) is 0 Å². The number of rotatable bonds is 8. The van der Waals surface area contributed by atoms with Crippen LogP contribution in [0.3, 0.4) is 0 Å². The summed E-state index contributed by atoms with van der Waals surface area (Å²) in [6.45, 7) is 6.85. The number of nitrogens with zero attached hydrogens (tertiary/aromatic N) is 4. The van der Waals surface area contributed by atoms with Crippen LogP contribution in [0.5, 0.6) is 0 Å². The van der Waals surface area contributed by atoms with Crippen molar-refractivity contribution >= 4 is 34.3 Å². The molecule has 2 N–H and O–H groups in total. The minimum atomic E-state index is -2.95. The number of piperidine rings is 1. The van der Waals surface area contributed by atoms with Crippen molar-refractivity contribution in [3.63, 3.8) is 0 Å². The number of anilines is 2. The van der Waals surface area contributed by atoms with Crippen molar-refractivity contribution in [3.8, 4) is 11.4 Å². The minimum Gasteiger partial charge on any atom is -0.444 e. The predicted octanol–water partition coefficient (Wildman–Crippen LogP) is 5.58. The van der Waals surface area contributed by atoms with Crippen LogP contribution in [0.4, 0.5) is 24.5 Å². The lowest BCUT2D eigenvalue weighted by atomic mass is 9.96. The molecule has 3 heterocycles. The quantitative estimate of drug-likeness (QED) is 0.356. The first-order valence-electron chi connectivity index (χ1n) is 13.4. The number of pyridine rings is 1. The van der Waals surface area contributed by atoms with Crippen molar-refractivity contribution in [2.75, 3.05) is 36.9 Å². The van der Waals surface area contributed by atoms with Gasteiger partial charge in [-0.2, -0.15) is 0 Å². The predicted molar refractivity (Wildman–Crippen MR) is 156 cm³/mol. The Morgan fingerprint density at radius 1 is 1.15 bits per heavy atom. The van der Waals surface area contributed by atoms with Gasteiger partial charge in [-0.1, -0.05) is 36.4 Å². The second-order valence-electron chi connectivity index (χ2n) is 11.1. The number of carbonyl (C=O) groups excluding carboxylic acids is 2. The summed E-state index contributed by atoms with van der Waals surface area (Å²) >= 11 is 1.20. The fraction of sp³-hybridized carbons (Fsp3) is 0.448. The van der Waals surface area contributed by atoms with Crippen molar-refractivity contribution < 1.29 is 23.1 Å². The summed E-state index contributed by atoms with van der Waals surface area (Å²) in [7, 11) is 1.76. The Hall–Kier alpha value is -3.64. The molecule has 0 unspecified atom stereocenters. The molecule has 1 saturated heterocycles. The van der Waals surface area contributed by atoms with Crippen LogP contribution in [0.15, 0.2) is 53.9 Å². The molecule has 3 aromatic rings. The van der Waals surface area contributed by atoms with E-state index in [2.05, 4.69) is 20.6 Å². The van der Waals surface area contributed by atoms with E-state index in [1.807, 2.05) is 37.3 Å². The van der Waals surface area contributed by atoms with Gasteiger partial charge in [-0.3, -0.25) is 9.69 Å². The highest BCUT2D eigenvalue weighted by Crippen LogP contribution is 2.36. The maximum atomic E-state index is 15.5. The summed E-state index contributed by atoms with van der Waals surface area (Å²) in [4.78, 5) is 36.4. The molecule has 0 saturated carbocycles. The topological polar surface area (TPSA) is 99.7 Å². The first-order valence-corrected chi connectivity index (χ1v) is 14.3. The zero-order valence-corrected chi connectivity index (χ0v) is 24.7. The van der Waals surface area contributed by atoms with E-state index in [0.29, 0.717) is 28.9 Å². The Kier molecular flexibility index (Phi) is 9.23. The van der Waals surface area contributed by atoms with Crippen LogP contribution in [0.1, 0.15) is 45.7 Å². The van der Waals surface area contributed by atoms with Gasteiger partial charge in [0.1, 0.15) is 23.7 Å². The van der Waals surface area contributed by atoms with Gasteiger partial charge in [0, 0.05) is 18.0 Å². The van der Waals surface area contributed by atoms with Gasteiger partial charge in [-0.15, -0.1) is 11.3 Å². The maximum absolute atomic E-state index is 15.5. The Morgan fingerprint density at radius 3 is 2.56 bits per heavy atom. The number of amides is 2. The molecule has 1 fully saturated rings. The van der Waals surface area contributed by atoms with Gasteiger partial charge < -0.3 is 20.3 Å². The Bertz CT molecular complexity index is 1350. The van der Waals surface area contributed by atoms with Crippen LogP contribution in [-0.4, -0.2) is 71.1 Å². The number of alkyl halides is 2. The number of alkyl carbamates (subject to hydrolysis) is 1. The Balaban J connectivity index is 1.37. The molecule has 12 heteroatoms. The summed E-state index contributed by atoms with van der Waals surface area (Å²) in [5, 5.41) is 7.08. The molecule has 1 aromatic carbocycles. The monoisotopic (exact) mass is 586 g/mol. The fourth-order valence-corrected chi connectivity index (χ4v) is 5.40. The SMILES string of the molecule is C[C@H](c1ccccc1)N(C)[C@@H]1CCN(c2cccc(-c3csc(NC(=O)CNC(=O)OC(C)(C)C)n3)n2)CC1(F)F. The van der Waals surface area contributed by atoms with Crippen molar-refractivity contribution in [1.82, 2.24) is 20.2 Å². The standard InChI is InChI=1S/C29H36F2N6O3S/c1-19(20-10-7-6-8-11-20)36(5)23-14-15-37(18-29(23,30)31)24-13-9-12-21(33-24)22-17-41-26(34-22)35-25(38)16-32-27(39)40-28(2,3)4/h6-13,17,19,23H,14-16,18H2,1-5H3,(H,32,39)(H,34,35,38)/t19-,23-/m1/s1. The van der Waals surface area contributed by atoms with E-state index in [-0.39, 0.29) is 19.0 Å². The Morgan fingerprint density at radius 2 is 1.88 bits per heavy atom. The van der Waals surface area contributed by atoms with E-state index in [0.717, 1.165) is 5.56 Å². The summed E-state index contributed by atoms with van der Waals surface area (Å²) in [6.07, 6.45) is -0.406. The Labute approximate surface area is 242 Å². The lowest BCUT2D eigenvalue weighted by molar-refractivity contribution is -0.115. The summed E-state index contributed by atoms with van der Waals surface area (Å²) in [6, 6.07) is 13.8. The highest BCUT2D eigenvalue weighted by Gasteiger charge is 2.48. The van der Waals surface area contributed by atoms with Crippen molar-refractivity contribution in [2.45, 2.75) is 57.7 Å². The zero-order chi connectivity index (χ0) is 29.8. The molecule has 41 heavy (non-hydrogen) atoms. The van der Waals surface area contributed by atoms with Crippen molar-refractivity contribution in [2.24, 2.45) is 0 Å². The number of carbonyl (C=O) groups is 2. The van der Waals surface area contributed by atoms with Crippen LogP contribution >= 0.6 is 11.3 Å². The molecule has 1 aliphatic heterocycles. The first-order chi connectivity index (χ1) is 19.3. The lowest BCUT2D eigenvalue weighted by Crippen LogP contribution is -2.58. The number of nitrogens with one attached hydrogen (secondary N) is 2. The molecule has 2 atom stereocenters. The third kappa shape index (κ3) is 7.98. The van der Waals surface area contributed by atoms with Crippen LogP contribution in [-0.2, 0) is 9.53 Å². The minimum absolute atomic E-state index is 0.146. The molecule has 0 aliphatic carbocycles. The van der Waals surface area contributed by atoms with Gasteiger partial charge >= 0.3 is 6.09 Å². The van der Waals surface area contributed by atoms with Crippen LogP contribution < -0.4 is 15.5 Å². The summed E-state index contributed by atoms with van der Waals surface area (Å²) in [5.74, 6) is -2.96. The molecule has 0 bridgehead atoms. The number of hydrogen-bond acceptors (Lipinski definition) is 8. The average molecular weight is 587 g/mol. The number of aromatic nitrogens is 2. The second-order valence-corrected chi connectivity index (χ2v) is 11.9. The van der Waals surface area contributed by atoms with E-state index in [1.54, 1.807) is 61.2 Å². The zero-order valence-electron chi connectivity index (χ0n) is 23.9. The van der Waals surface area contributed by atoms with Gasteiger partial charge in [0.15, 0.2) is 5.13 Å². The number of hydrogen-bond donors (Lipinski definition) is 2. The molecule has 2 aromatic heterocycles. The van der Waals surface area contributed by atoms with Gasteiger partial charge in [-0.25, -0.2) is 23.5 Å². The third-order valence-corrected chi connectivity index (χ3v) is 7.57. The first kappa shape index (κ1) is 30.3. The van der Waals surface area contributed by atoms with E-state index in [4.69, 9.17) is 4.74 Å². The molecule has 1 aliphatic rings. The number of halogens is 2. The van der Waals surface area contributed by atoms with Crippen molar-refractivity contribution in [1.29, 1.82) is 0 Å². The molecule has 4 rings (SSSR count). The molecule has 2 amide bonds. The molecule has 220 valence electrons. The average Bonchev–Trinajstić information content (AvgIpc) is 3.38. The fourth-order valence-electron chi connectivity index (χ4n) is 4.68. The maximum Gasteiger partial charge on any atom is 0.408 e. The highest BCUT2D eigenvalue weighted by molar-refractivity contribution is 7.14. The van der Waals surface area contributed by atoms with Gasteiger partial charge in [-0.05, 0) is 58.9 Å². The third-order valence-electron chi connectivity index (χ3n) is 6.81. The lowest BCUT2D eigenvalue weighted by Gasteiger charge is -2.44. The smallest absolute Gasteiger partial charge is 0.408 e. The largest absolute Gasteiger partial charge is 0.444 e. The molecule has 9 nitrogen and oxygen atoms in total. The molecular formula is C29H36F2N6O3S. The molecule has 0 radical (unpaired) electrons. The number of thiazole rings is 1. The summed E-state index contributed by atoms with van der Waals surface area (Å²) in [5.41, 5.74) is 1.34. The van der Waals surface area contributed by atoms with E-state index < -0.39 is 36.1 Å². The molecular weight excluding hydrogens is 550 g/mol. The number of ether oxygens (including phenoxy) is 1. The van der Waals surface area contributed by atoms with Crippen LogP contribution in [0.25, 0.3) is 11.4 Å². The van der Waals surface area contributed by atoms with E-state index in [9.17, 15) is 9.59 Å². The number of benzene rings is 1. The van der Waals surface area contributed by atoms with Gasteiger partial charge in [0.05, 0.1) is 18.3 Å². The van der Waals surface area contributed by atoms with E-state index in [1.165, 1.54) is 11.3 Å².